The summed E-state index contributed by atoms with van der Waals surface area (Å²) in [6.45, 7) is 0.171. The number of hydrogen-bond donors (Lipinski definition) is 2. The normalized spacial score (nSPS) is 12.4. The van der Waals surface area contributed by atoms with Crippen LogP contribution in [0.2, 0.25) is 0 Å². The molecule has 4 rings (SSSR count). The van der Waals surface area contributed by atoms with E-state index in [0.29, 0.717) is 28.6 Å². The Kier molecular flexibility index (Phi) is 3.04. The van der Waals surface area contributed by atoms with Crippen LogP contribution >= 0.6 is 0 Å². The first-order chi connectivity index (χ1) is 11.2. The molecule has 0 unspecified atom stereocenters. The van der Waals surface area contributed by atoms with Crippen LogP contribution in [0, 0.1) is 0 Å². The lowest BCUT2D eigenvalue weighted by Gasteiger charge is -2.04. The van der Waals surface area contributed by atoms with E-state index in [-0.39, 0.29) is 12.7 Å². The van der Waals surface area contributed by atoms with Crippen molar-refractivity contribution in [3.05, 3.63) is 42.0 Å². The Labute approximate surface area is 131 Å². The van der Waals surface area contributed by atoms with Crippen LogP contribution in [-0.4, -0.2) is 30.0 Å². The number of ether oxygens (including phenoxy) is 3. The van der Waals surface area contributed by atoms with Gasteiger partial charge in [0.1, 0.15) is 5.75 Å². The first-order valence-electron chi connectivity index (χ1n) is 6.98. The molecule has 0 saturated heterocycles. The number of rotatable bonds is 3. The van der Waals surface area contributed by atoms with Gasteiger partial charge in [0.2, 0.25) is 6.79 Å². The topological polar surface area (TPSA) is 85.5 Å². The van der Waals surface area contributed by atoms with Crippen LogP contribution in [0.3, 0.4) is 0 Å². The molecule has 1 aliphatic rings. The lowest BCUT2D eigenvalue weighted by Crippen LogP contribution is -2.12. The van der Waals surface area contributed by atoms with Crippen molar-refractivity contribution in [2.24, 2.45) is 0 Å². The van der Waals surface area contributed by atoms with Crippen LogP contribution in [0.5, 0.6) is 17.2 Å². The predicted molar refractivity (Wildman–Crippen MR) is 83.2 cm³/mol. The van der Waals surface area contributed by atoms with E-state index in [1.165, 1.54) is 0 Å². The van der Waals surface area contributed by atoms with Gasteiger partial charge in [-0.15, -0.1) is 0 Å². The van der Waals surface area contributed by atoms with Crippen molar-refractivity contribution < 1.29 is 19.0 Å². The molecule has 116 valence electrons. The molecule has 0 fully saturated rings. The van der Waals surface area contributed by atoms with Crippen LogP contribution in [0.4, 0.5) is 5.82 Å². The number of aromatic amines is 1. The molecular weight excluding hydrogens is 298 g/mol. The summed E-state index contributed by atoms with van der Waals surface area (Å²) in [6, 6.07) is 10.5. The summed E-state index contributed by atoms with van der Waals surface area (Å²) in [7, 11) is 1.59. The minimum Gasteiger partial charge on any atom is -0.497 e. The fourth-order valence-electron chi connectivity index (χ4n) is 2.43. The molecule has 7 heteroatoms. The first-order valence-corrected chi connectivity index (χ1v) is 6.98. The van der Waals surface area contributed by atoms with Gasteiger partial charge in [-0.2, -0.15) is 5.10 Å². The second-order valence-electron chi connectivity index (χ2n) is 5.01. The van der Waals surface area contributed by atoms with Crippen molar-refractivity contribution in [3.63, 3.8) is 0 Å². The van der Waals surface area contributed by atoms with E-state index >= 15 is 0 Å². The van der Waals surface area contributed by atoms with E-state index in [1.54, 1.807) is 25.3 Å². The number of fused-ring (bicyclic) bond motifs is 2. The number of anilines is 1. The monoisotopic (exact) mass is 311 g/mol. The van der Waals surface area contributed by atoms with Gasteiger partial charge in [-0.3, -0.25) is 9.89 Å². The van der Waals surface area contributed by atoms with Crippen molar-refractivity contribution in [1.29, 1.82) is 0 Å². The van der Waals surface area contributed by atoms with Crippen molar-refractivity contribution in [1.82, 2.24) is 10.2 Å². The molecule has 1 aromatic heterocycles. The van der Waals surface area contributed by atoms with Crippen molar-refractivity contribution >= 4 is 22.6 Å². The maximum absolute atomic E-state index is 12.4. The second-order valence-corrected chi connectivity index (χ2v) is 5.01. The highest BCUT2D eigenvalue weighted by Crippen LogP contribution is 2.33. The van der Waals surface area contributed by atoms with E-state index in [0.717, 1.165) is 10.9 Å². The lowest BCUT2D eigenvalue weighted by atomic mass is 10.2. The molecule has 2 N–H and O–H groups in total. The van der Waals surface area contributed by atoms with E-state index in [9.17, 15) is 4.79 Å². The Balaban J connectivity index is 1.63. The molecule has 7 nitrogen and oxygen atoms in total. The third-order valence-corrected chi connectivity index (χ3v) is 3.64. The van der Waals surface area contributed by atoms with Crippen molar-refractivity contribution in [3.8, 4) is 17.2 Å². The Morgan fingerprint density at radius 3 is 2.96 bits per heavy atom. The summed E-state index contributed by atoms with van der Waals surface area (Å²) >= 11 is 0. The zero-order valence-corrected chi connectivity index (χ0v) is 12.3. The highest BCUT2D eigenvalue weighted by Gasteiger charge is 2.17. The molecule has 23 heavy (non-hydrogen) atoms. The fraction of sp³-hybridized carbons (Fsp3) is 0.125. The van der Waals surface area contributed by atoms with E-state index in [1.807, 2.05) is 18.2 Å². The summed E-state index contributed by atoms with van der Waals surface area (Å²) in [5, 5.41) is 10.6. The Bertz CT molecular complexity index is 903. The van der Waals surface area contributed by atoms with Crippen LogP contribution in [0.1, 0.15) is 10.4 Å². The van der Waals surface area contributed by atoms with Crippen LogP contribution in [0.15, 0.2) is 36.4 Å². The molecule has 3 aromatic rings. The molecule has 0 spiro atoms. The van der Waals surface area contributed by atoms with Crippen molar-refractivity contribution in [2.45, 2.75) is 0 Å². The average molecular weight is 311 g/mol. The van der Waals surface area contributed by atoms with Gasteiger partial charge in [0.15, 0.2) is 17.3 Å². The second kappa shape index (κ2) is 5.20. The summed E-state index contributed by atoms with van der Waals surface area (Å²) in [6.07, 6.45) is 0. The number of carbonyl (C=O) groups is 1. The Morgan fingerprint density at radius 1 is 1.22 bits per heavy atom. The highest BCUT2D eigenvalue weighted by molar-refractivity contribution is 6.08. The van der Waals surface area contributed by atoms with Gasteiger partial charge < -0.3 is 19.5 Å². The van der Waals surface area contributed by atoms with Gasteiger partial charge in [0, 0.05) is 10.9 Å². The molecule has 0 saturated carbocycles. The largest absolute Gasteiger partial charge is 0.497 e. The molecule has 1 amide bonds. The number of nitrogens with one attached hydrogen (secondary N) is 2. The number of nitrogens with zero attached hydrogens (tertiary/aromatic N) is 1. The first kappa shape index (κ1) is 13.4. The quantitative estimate of drug-likeness (QED) is 0.776. The smallest absolute Gasteiger partial charge is 0.257 e. The van der Waals surface area contributed by atoms with E-state index in [4.69, 9.17) is 14.2 Å². The number of carbonyl (C=O) groups excluding carboxylic acids is 1. The summed E-state index contributed by atoms with van der Waals surface area (Å²) in [5.74, 6) is 2.06. The predicted octanol–water partition coefficient (Wildman–Crippen LogP) is 2.55. The average Bonchev–Trinajstić information content (AvgIpc) is 3.20. The lowest BCUT2D eigenvalue weighted by molar-refractivity contribution is 0.102. The third-order valence-electron chi connectivity index (χ3n) is 3.64. The van der Waals surface area contributed by atoms with Crippen molar-refractivity contribution in [2.75, 3.05) is 19.2 Å². The number of aromatic nitrogens is 2. The Morgan fingerprint density at radius 2 is 2.09 bits per heavy atom. The fourth-order valence-corrected chi connectivity index (χ4v) is 2.43. The molecule has 1 aliphatic heterocycles. The van der Waals surface area contributed by atoms with Gasteiger partial charge in [-0.05, 0) is 36.4 Å². The molecule has 0 atom stereocenters. The summed E-state index contributed by atoms with van der Waals surface area (Å²) in [4.78, 5) is 12.4. The molecule has 2 aromatic carbocycles. The third kappa shape index (κ3) is 2.32. The maximum Gasteiger partial charge on any atom is 0.257 e. The van der Waals surface area contributed by atoms with Gasteiger partial charge in [0.25, 0.3) is 5.91 Å². The molecule has 0 bridgehead atoms. The zero-order chi connectivity index (χ0) is 15.8. The molecule has 0 radical (unpaired) electrons. The number of amides is 1. The van der Waals surface area contributed by atoms with E-state index < -0.39 is 0 Å². The Hall–Kier alpha value is -3.22. The summed E-state index contributed by atoms with van der Waals surface area (Å²) < 4.78 is 15.7. The van der Waals surface area contributed by atoms with Crippen LogP contribution in [0.25, 0.3) is 10.9 Å². The SMILES string of the molecule is COc1ccc2[nH]nc(NC(=O)c3ccc4c(c3)OCO4)c2c1. The number of benzene rings is 2. The minimum atomic E-state index is -0.278. The van der Waals surface area contributed by atoms with Gasteiger partial charge in [-0.25, -0.2) is 0 Å². The van der Waals surface area contributed by atoms with Gasteiger partial charge in [-0.1, -0.05) is 0 Å². The molecular formula is C16H13N3O4. The van der Waals surface area contributed by atoms with Crippen LogP contribution in [-0.2, 0) is 0 Å². The number of hydrogen-bond acceptors (Lipinski definition) is 5. The highest BCUT2D eigenvalue weighted by atomic mass is 16.7. The summed E-state index contributed by atoms with van der Waals surface area (Å²) in [5.41, 5.74) is 1.28. The van der Waals surface area contributed by atoms with E-state index in [2.05, 4.69) is 15.5 Å². The number of methoxy groups -OCH3 is 1. The molecule has 0 aliphatic carbocycles. The zero-order valence-electron chi connectivity index (χ0n) is 12.3. The van der Waals surface area contributed by atoms with Gasteiger partial charge >= 0.3 is 0 Å². The van der Waals surface area contributed by atoms with Crippen LogP contribution < -0.4 is 19.5 Å². The van der Waals surface area contributed by atoms with Gasteiger partial charge in [0.05, 0.1) is 12.6 Å². The number of H-pyrrole nitrogens is 1. The maximum atomic E-state index is 12.4. The minimum absolute atomic E-state index is 0.171. The standard InChI is InChI=1S/C16H13N3O4/c1-21-10-3-4-12-11(7-10)15(19-18-12)17-16(20)9-2-5-13-14(6-9)23-8-22-13/h2-7H,8H2,1H3,(H2,17,18,19,20). The molecule has 2 heterocycles.